The van der Waals surface area contributed by atoms with Crippen molar-refractivity contribution < 1.29 is 4.42 Å². The van der Waals surface area contributed by atoms with Crippen LogP contribution in [-0.2, 0) is 13.0 Å². The van der Waals surface area contributed by atoms with Crippen LogP contribution in [0.5, 0.6) is 0 Å². The lowest BCUT2D eigenvalue weighted by atomic mass is 10.0. The van der Waals surface area contributed by atoms with Gasteiger partial charge in [0.05, 0.1) is 6.54 Å². The van der Waals surface area contributed by atoms with E-state index in [1.165, 1.54) is 11.1 Å². The second-order valence-electron chi connectivity index (χ2n) is 5.32. The lowest BCUT2D eigenvalue weighted by molar-refractivity contribution is 0.431. The van der Waals surface area contributed by atoms with Crippen LogP contribution in [-0.4, -0.2) is 6.04 Å². The van der Waals surface area contributed by atoms with E-state index in [9.17, 15) is 0 Å². The summed E-state index contributed by atoms with van der Waals surface area (Å²) >= 11 is 0. The van der Waals surface area contributed by atoms with Crippen molar-refractivity contribution in [3.63, 3.8) is 0 Å². The first-order valence-electron chi connectivity index (χ1n) is 6.98. The van der Waals surface area contributed by atoms with Gasteiger partial charge in [-0.1, -0.05) is 29.8 Å². The molecule has 2 aromatic rings. The van der Waals surface area contributed by atoms with Crippen LogP contribution in [0.25, 0.3) is 0 Å². The Hall–Kier alpha value is -1.54. The molecule has 0 aliphatic heterocycles. The normalized spacial score (nSPS) is 12.6. The van der Waals surface area contributed by atoms with Crippen LogP contribution in [0.1, 0.15) is 36.0 Å². The van der Waals surface area contributed by atoms with Gasteiger partial charge in [-0.15, -0.1) is 0 Å². The molecule has 1 atom stereocenters. The molecule has 2 nitrogen and oxygen atoms in total. The Balaban J connectivity index is 1.74. The highest BCUT2D eigenvalue weighted by molar-refractivity contribution is 5.22. The predicted octanol–water partition coefficient (Wildman–Crippen LogP) is 4.01. The van der Waals surface area contributed by atoms with Crippen LogP contribution in [0.15, 0.2) is 40.8 Å². The van der Waals surface area contributed by atoms with Crippen LogP contribution >= 0.6 is 0 Å². The highest BCUT2D eigenvalue weighted by Crippen LogP contribution is 2.09. The van der Waals surface area contributed by atoms with Crippen LogP contribution in [0.2, 0.25) is 0 Å². The fourth-order valence-corrected chi connectivity index (χ4v) is 2.21. The maximum absolute atomic E-state index is 5.55. The van der Waals surface area contributed by atoms with Crippen molar-refractivity contribution in [2.24, 2.45) is 0 Å². The molecule has 2 heteroatoms. The van der Waals surface area contributed by atoms with Gasteiger partial charge in [-0.3, -0.25) is 0 Å². The van der Waals surface area contributed by atoms with E-state index < -0.39 is 0 Å². The van der Waals surface area contributed by atoms with Crippen molar-refractivity contribution in [2.75, 3.05) is 0 Å². The third-order valence-corrected chi connectivity index (χ3v) is 3.37. The van der Waals surface area contributed by atoms with Crippen LogP contribution in [0, 0.1) is 13.8 Å². The summed E-state index contributed by atoms with van der Waals surface area (Å²) in [5, 5.41) is 3.50. The Morgan fingerprint density at radius 2 is 2.00 bits per heavy atom. The van der Waals surface area contributed by atoms with E-state index in [4.69, 9.17) is 4.42 Å². The number of hydrogen-bond acceptors (Lipinski definition) is 2. The quantitative estimate of drug-likeness (QED) is 0.846. The first-order valence-corrected chi connectivity index (χ1v) is 6.98. The van der Waals surface area contributed by atoms with Crippen molar-refractivity contribution in [1.82, 2.24) is 5.32 Å². The van der Waals surface area contributed by atoms with E-state index in [-0.39, 0.29) is 0 Å². The monoisotopic (exact) mass is 257 g/mol. The van der Waals surface area contributed by atoms with Gasteiger partial charge >= 0.3 is 0 Å². The van der Waals surface area contributed by atoms with Gasteiger partial charge in [-0.2, -0.15) is 0 Å². The Bertz CT molecular complexity index is 515. The maximum Gasteiger partial charge on any atom is 0.117 e. The molecule has 1 heterocycles. The van der Waals surface area contributed by atoms with E-state index in [0.29, 0.717) is 6.04 Å². The minimum atomic E-state index is 0.492. The minimum Gasteiger partial charge on any atom is -0.465 e. The summed E-state index contributed by atoms with van der Waals surface area (Å²) in [4.78, 5) is 0. The molecule has 0 aliphatic carbocycles. The van der Waals surface area contributed by atoms with Crippen molar-refractivity contribution in [1.29, 1.82) is 0 Å². The second-order valence-corrected chi connectivity index (χ2v) is 5.32. The molecule has 1 aromatic heterocycles. The second kappa shape index (κ2) is 6.58. The number of benzene rings is 1. The number of aryl methyl sites for hydroxylation is 3. The summed E-state index contributed by atoms with van der Waals surface area (Å²) in [5.41, 5.74) is 2.76. The summed E-state index contributed by atoms with van der Waals surface area (Å²) in [5.74, 6) is 1.99. The van der Waals surface area contributed by atoms with Crippen molar-refractivity contribution in [3.05, 3.63) is 59.0 Å². The molecule has 0 amide bonds. The summed E-state index contributed by atoms with van der Waals surface area (Å²) in [6, 6.07) is 13.3. The Kier molecular flexibility index (Phi) is 4.80. The standard InChI is InChI=1S/C17H23NO/c1-13-5-4-6-16(11-13)9-7-14(2)18-12-17-10-8-15(3)19-17/h4-6,8,10-11,14,18H,7,9,12H2,1-3H3. The molecule has 1 aromatic carbocycles. The van der Waals surface area contributed by atoms with Crippen molar-refractivity contribution in [2.45, 2.75) is 46.2 Å². The van der Waals surface area contributed by atoms with Gasteiger partial charge in [0.2, 0.25) is 0 Å². The molecule has 102 valence electrons. The zero-order valence-electron chi connectivity index (χ0n) is 12.1. The van der Waals surface area contributed by atoms with Gasteiger partial charge in [0.15, 0.2) is 0 Å². The van der Waals surface area contributed by atoms with Gasteiger partial charge in [0.1, 0.15) is 11.5 Å². The van der Waals surface area contributed by atoms with Gasteiger partial charge in [-0.05, 0) is 51.3 Å². The molecule has 0 fully saturated rings. The van der Waals surface area contributed by atoms with E-state index >= 15 is 0 Å². The summed E-state index contributed by atoms with van der Waals surface area (Å²) in [6.45, 7) is 7.16. The molecule has 0 saturated heterocycles. The summed E-state index contributed by atoms with van der Waals surface area (Å²) in [6.07, 6.45) is 2.26. The fraction of sp³-hybridized carbons (Fsp3) is 0.412. The first kappa shape index (κ1) is 13.9. The number of rotatable bonds is 6. The van der Waals surface area contributed by atoms with Gasteiger partial charge in [-0.25, -0.2) is 0 Å². The van der Waals surface area contributed by atoms with E-state index in [1.54, 1.807) is 0 Å². The molecule has 0 bridgehead atoms. The van der Waals surface area contributed by atoms with Gasteiger partial charge in [0, 0.05) is 6.04 Å². The molecule has 0 radical (unpaired) electrons. The van der Waals surface area contributed by atoms with Crippen LogP contribution < -0.4 is 5.32 Å². The Morgan fingerprint density at radius 1 is 1.16 bits per heavy atom. The summed E-state index contributed by atoms with van der Waals surface area (Å²) < 4.78 is 5.55. The minimum absolute atomic E-state index is 0.492. The van der Waals surface area contributed by atoms with Crippen LogP contribution in [0.3, 0.4) is 0 Å². The first-order chi connectivity index (χ1) is 9.13. The third kappa shape index (κ3) is 4.56. The van der Waals surface area contributed by atoms with E-state index in [2.05, 4.69) is 43.4 Å². The lowest BCUT2D eigenvalue weighted by Crippen LogP contribution is -2.25. The molecular formula is C17H23NO. The highest BCUT2D eigenvalue weighted by Gasteiger charge is 2.04. The largest absolute Gasteiger partial charge is 0.465 e. The fourth-order valence-electron chi connectivity index (χ4n) is 2.21. The number of furan rings is 1. The average molecular weight is 257 g/mol. The van der Waals surface area contributed by atoms with Gasteiger partial charge in [0.25, 0.3) is 0 Å². The lowest BCUT2D eigenvalue weighted by Gasteiger charge is -2.13. The third-order valence-electron chi connectivity index (χ3n) is 3.37. The van der Waals surface area contributed by atoms with Crippen LogP contribution in [0.4, 0.5) is 0 Å². The molecule has 0 spiro atoms. The molecule has 1 N–H and O–H groups in total. The topological polar surface area (TPSA) is 25.2 Å². The SMILES string of the molecule is Cc1cccc(CCC(C)NCc2ccc(C)o2)c1. The smallest absolute Gasteiger partial charge is 0.117 e. The average Bonchev–Trinajstić information content (AvgIpc) is 2.80. The molecule has 0 saturated carbocycles. The number of hydrogen-bond donors (Lipinski definition) is 1. The van der Waals surface area contributed by atoms with E-state index in [0.717, 1.165) is 30.9 Å². The summed E-state index contributed by atoms with van der Waals surface area (Å²) in [7, 11) is 0. The maximum atomic E-state index is 5.55. The molecular weight excluding hydrogens is 234 g/mol. The van der Waals surface area contributed by atoms with Crippen molar-refractivity contribution >= 4 is 0 Å². The van der Waals surface area contributed by atoms with Gasteiger partial charge < -0.3 is 9.73 Å². The Labute approximate surface area is 115 Å². The zero-order chi connectivity index (χ0) is 13.7. The molecule has 1 unspecified atom stereocenters. The predicted molar refractivity (Wildman–Crippen MR) is 79.2 cm³/mol. The van der Waals surface area contributed by atoms with E-state index in [1.807, 2.05) is 19.1 Å². The zero-order valence-corrected chi connectivity index (χ0v) is 12.1. The molecule has 19 heavy (non-hydrogen) atoms. The Morgan fingerprint density at radius 3 is 2.68 bits per heavy atom. The molecule has 0 aliphatic rings. The number of nitrogens with one attached hydrogen (secondary N) is 1. The highest BCUT2D eigenvalue weighted by atomic mass is 16.3. The van der Waals surface area contributed by atoms with Crippen molar-refractivity contribution in [3.8, 4) is 0 Å². The molecule has 2 rings (SSSR count).